The van der Waals surface area contributed by atoms with Gasteiger partial charge < -0.3 is 20.4 Å². The van der Waals surface area contributed by atoms with E-state index in [9.17, 15) is 5.11 Å². The Kier molecular flexibility index (Phi) is 6.04. The Hall–Kier alpha value is -0.650. The molecular formula is C24H42N2O3. The molecule has 0 heterocycles. The van der Waals surface area contributed by atoms with Crippen molar-refractivity contribution in [1.82, 2.24) is 0 Å². The molecule has 4 fully saturated rings. The first-order valence-corrected chi connectivity index (χ1v) is 12.0. The van der Waals surface area contributed by atoms with Crippen molar-refractivity contribution in [2.75, 3.05) is 20.3 Å². The second-order valence-corrected chi connectivity index (χ2v) is 10.9. The molecule has 4 aliphatic rings. The van der Waals surface area contributed by atoms with Crippen LogP contribution in [0.15, 0.2) is 5.16 Å². The van der Waals surface area contributed by atoms with Crippen molar-refractivity contribution in [3.8, 4) is 0 Å². The first-order chi connectivity index (χ1) is 13.9. The van der Waals surface area contributed by atoms with E-state index in [0.717, 1.165) is 38.2 Å². The SMILES string of the molecule is CO/N=C/[C@H]1CC[C@]2(O)[C@@H]3CC[C@@H]4C[C@@H](OCCCN)CC[C@]4(C)[C@H]3CC[C@]12C. The van der Waals surface area contributed by atoms with Crippen LogP contribution in [0.25, 0.3) is 0 Å². The fraction of sp³-hybridized carbons (Fsp3) is 0.958. The maximum Gasteiger partial charge on any atom is 0.106 e. The molecule has 0 bridgehead atoms. The van der Waals surface area contributed by atoms with Gasteiger partial charge in [0.2, 0.25) is 0 Å². The van der Waals surface area contributed by atoms with Crippen LogP contribution in [0.3, 0.4) is 0 Å². The van der Waals surface area contributed by atoms with Gasteiger partial charge in [-0.2, -0.15) is 0 Å². The van der Waals surface area contributed by atoms with Crippen LogP contribution < -0.4 is 5.73 Å². The van der Waals surface area contributed by atoms with E-state index in [1.807, 2.05) is 6.21 Å². The lowest BCUT2D eigenvalue weighted by molar-refractivity contribution is -0.207. The summed E-state index contributed by atoms with van der Waals surface area (Å²) in [4.78, 5) is 4.97. The van der Waals surface area contributed by atoms with Gasteiger partial charge in [-0.15, -0.1) is 0 Å². The summed E-state index contributed by atoms with van der Waals surface area (Å²) in [6.07, 6.45) is 13.6. The predicted molar refractivity (Wildman–Crippen MR) is 116 cm³/mol. The fourth-order valence-electron chi connectivity index (χ4n) is 8.09. The normalized spacial score (nSPS) is 49.5. The molecule has 0 aromatic heterocycles. The van der Waals surface area contributed by atoms with Crippen molar-refractivity contribution in [3.05, 3.63) is 0 Å². The highest BCUT2D eigenvalue weighted by Crippen LogP contribution is 2.68. The Morgan fingerprint density at radius 3 is 2.66 bits per heavy atom. The van der Waals surface area contributed by atoms with Crippen LogP contribution >= 0.6 is 0 Å². The maximum absolute atomic E-state index is 12.1. The number of nitrogens with zero attached hydrogens (tertiary/aromatic N) is 1. The van der Waals surface area contributed by atoms with Gasteiger partial charge >= 0.3 is 0 Å². The molecule has 3 N–H and O–H groups in total. The van der Waals surface area contributed by atoms with E-state index >= 15 is 0 Å². The van der Waals surface area contributed by atoms with Crippen molar-refractivity contribution in [2.24, 2.45) is 45.4 Å². The van der Waals surface area contributed by atoms with E-state index in [0.29, 0.717) is 35.8 Å². The van der Waals surface area contributed by atoms with E-state index in [2.05, 4.69) is 19.0 Å². The Labute approximate surface area is 176 Å². The first-order valence-electron chi connectivity index (χ1n) is 12.0. The summed E-state index contributed by atoms with van der Waals surface area (Å²) in [5, 5.41) is 16.2. The molecule has 166 valence electrons. The highest BCUT2D eigenvalue weighted by atomic mass is 16.6. The minimum atomic E-state index is -0.553. The van der Waals surface area contributed by atoms with Crippen LogP contribution in [-0.4, -0.2) is 43.3 Å². The minimum Gasteiger partial charge on any atom is -0.399 e. The molecule has 0 spiro atoms. The molecule has 0 aromatic carbocycles. The number of nitrogens with two attached hydrogens (primary N) is 1. The molecule has 0 aliphatic heterocycles. The lowest BCUT2D eigenvalue weighted by Crippen LogP contribution is -2.62. The number of rotatable bonds is 6. The van der Waals surface area contributed by atoms with Crippen LogP contribution in [0, 0.1) is 34.5 Å². The van der Waals surface area contributed by atoms with Gasteiger partial charge in [0.25, 0.3) is 0 Å². The molecule has 0 saturated heterocycles. The summed E-state index contributed by atoms with van der Waals surface area (Å²) in [5.41, 5.74) is 5.36. The van der Waals surface area contributed by atoms with E-state index in [4.69, 9.17) is 15.3 Å². The van der Waals surface area contributed by atoms with Gasteiger partial charge in [0.05, 0.1) is 11.7 Å². The Bertz CT molecular complexity index is 613. The first kappa shape index (κ1) is 21.6. The van der Waals surface area contributed by atoms with Crippen LogP contribution in [0.4, 0.5) is 0 Å². The summed E-state index contributed by atoms with van der Waals surface area (Å²) in [6.45, 7) is 6.37. The Morgan fingerprint density at radius 2 is 1.90 bits per heavy atom. The van der Waals surface area contributed by atoms with Crippen LogP contribution in [0.1, 0.15) is 78.1 Å². The molecule has 0 amide bonds. The second-order valence-electron chi connectivity index (χ2n) is 10.9. The quantitative estimate of drug-likeness (QED) is 0.395. The van der Waals surface area contributed by atoms with Crippen LogP contribution in [0.5, 0.6) is 0 Å². The third kappa shape index (κ3) is 3.36. The average Bonchev–Trinajstić information content (AvgIpc) is 2.97. The monoisotopic (exact) mass is 406 g/mol. The third-order valence-corrected chi connectivity index (χ3v) is 9.92. The van der Waals surface area contributed by atoms with E-state index in [1.165, 1.54) is 38.5 Å². The molecular weight excluding hydrogens is 364 g/mol. The van der Waals surface area contributed by atoms with Crippen molar-refractivity contribution >= 4 is 6.21 Å². The van der Waals surface area contributed by atoms with Crippen molar-refractivity contribution in [3.63, 3.8) is 0 Å². The molecule has 4 rings (SSSR count). The van der Waals surface area contributed by atoms with Gasteiger partial charge in [-0.05, 0) is 93.9 Å². The van der Waals surface area contributed by atoms with Crippen molar-refractivity contribution in [1.29, 1.82) is 0 Å². The second kappa shape index (κ2) is 8.12. The van der Waals surface area contributed by atoms with Crippen LogP contribution in [-0.2, 0) is 9.57 Å². The molecule has 0 unspecified atom stereocenters. The summed E-state index contributed by atoms with van der Waals surface area (Å²) >= 11 is 0. The number of ether oxygens (including phenoxy) is 1. The molecule has 5 heteroatoms. The zero-order chi connectivity index (χ0) is 20.7. The number of hydrogen-bond acceptors (Lipinski definition) is 5. The molecule has 5 nitrogen and oxygen atoms in total. The molecule has 29 heavy (non-hydrogen) atoms. The summed E-state index contributed by atoms with van der Waals surface area (Å²) in [5.74, 6) is 2.13. The van der Waals surface area contributed by atoms with E-state index in [1.54, 1.807) is 7.11 Å². The lowest BCUT2D eigenvalue weighted by Gasteiger charge is -2.63. The number of fused-ring (bicyclic) bond motifs is 5. The van der Waals surface area contributed by atoms with Crippen molar-refractivity contribution in [2.45, 2.75) is 89.8 Å². The van der Waals surface area contributed by atoms with Crippen LogP contribution in [0.2, 0.25) is 0 Å². The van der Waals surface area contributed by atoms with Gasteiger partial charge in [-0.25, -0.2) is 0 Å². The number of hydrogen-bond donors (Lipinski definition) is 2. The topological polar surface area (TPSA) is 77.1 Å². The molecule has 4 aliphatic carbocycles. The largest absolute Gasteiger partial charge is 0.399 e. The zero-order valence-corrected chi connectivity index (χ0v) is 18.7. The smallest absolute Gasteiger partial charge is 0.106 e. The molecule has 0 aromatic rings. The molecule has 0 radical (unpaired) electrons. The van der Waals surface area contributed by atoms with Gasteiger partial charge in [0.1, 0.15) is 7.11 Å². The standard InChI is InChI=1S/C24H42N2O3/c1-22-10-8-19(29-14-4-13-25)15-17(22)5-6-21-20(22)9-11-23(2)18(16-26-28-3)7-12-24(21,23)27/h16-21,27H,4-15,25H2,1-3H3/b26-16+/t17-,18-,19+,20+,21-,22+,23-,24+/m1/s1. The average molecular weight is 407 g/mol. The van der Waals surface area contributed by atoms with E-state index in [-0.39, 0.29) is 5.41 Å². The summed E-state index contributed by atoms with van der Waals surface area (Å²) in [6, 6.07) is 0. The zero-order valence-electron chi connectivity index (χ0n) is 18.7. The summed E-state index contributed by atoms with van der Waals surface area (Å²) < 4.78 is 6.15. The summed E-state index contributed by atoms with van der Waals surface area (Å²) in [7, 11) is 1.61. The number of aliphatic hydroxyl groups is 1. The third-order valence-electron chi connectivity index (χ3n) is 9.92. The Morgan fingerprint density at radius 1 is 1.07 bits per heavy atom. The molecule has 4 saturated carbocycles. The maximum atomic E-state index is 12.1. The number of oxime groups is 1. The molecule has 8 atom stereocenters. The highest BCUT2D eigenvalue weighted by molar-refractivity contribution is 5.62. The lowest BCUT2D eigenvalue weighted by atomic mass is 9.43. The van der Waals surface area contributed by atoms with Gasteiger partial charge in [-0.3, -0.25) is 0 Å². The fourth-order valence-corrected chi connectivity index (χ4v) is 8.09. The predicted octanol–water partition coefficient (Wildman–Crippen LogP) is 4.13. The van der Waals surface area contributed by atoms with Gasteiger partial charge in [0.15, 0.2) is 0 Å². The van der Waals surface area contributed by atoms with Gasteiger partial charge in [-0.1, -0.05) is 19.0 Å². The van der Waals surface area contributed by atoms with Crippen molar-refractivity contribution < 1.29 is 14.7 Å². The highest BCUT2D eigenvalue weighted by Gasteiger charge is 2.66. The minimum absolute atomic E-state index is 0.0675. The Balaban J connectivity index is 1.50. The van der Waals surface area contributed by atoms with E-state index < -0.39 is 5.60 Å². The van der Waals surface area contributed by atoms with Gasteiger partial charge in [0, 0.05) is 24.2 Å².